The van der Waals surface area contributed by atoms with Crippen LogP contribution in [0.4, 0.5) is 5.69 Å². The van der Waals surface area contributed by atoms with Crippen LogP contribution in [0.1, 0.15) is 36.1 Å². The largest absolute Gasteiger partial charge is 0.496 e. The average molecular weight is 467 g/mol. The summed E-state index contributed by atoms with van der Waals surface area (Å²) in [6, 6.07) is 20.8. The van der Waals surface area contributed by atoms with Gasteiger partial charge in [0, 0.05) is 0 Å². The van der Waals surface area contributed by atoms with Crippen molar-refractivity contribution in [1.29, 1.82) is 0 Å². The molecule has 0 spiro atoms. The molecule has 1 atom stereocenters. The van der Waals surface area contributed by atoms with E-state index >= 15 is 0 Å². The van der Waals surface area contributed by atoms with Crippen molar-refractivity contribution in [2.24, 2.45) is 0 Å². The molecular formula is C26H30N2O4S. The first-order valence-electron chi connectivity index (χ1n) is 10.8. The van der Waals surface area contributed by atoms with Gasteiger partial charge in [-0.2, -0.15) is 0 Å². The van der Waals surface area contributed by atoms with Crippen LogP contribution in [0.15, 0.2) is 77.7 Å². The molecule has 3 rings (SSSR count). The van der Waals surface area contributed by atoms with Gasteiger partial charge < -0.3 is 10.1 Å². The molecular weight excluding hydrogens is 436 g/mol. The van der Waals surface area contributed by atoms with Crippen molar-refractivity contribution in [3.8, 4) is 5.75 Å². The first-order chi connectivity index (χ1) is 15.8. The second kappa shape index (κ2) is 10.5. The van der Waals surface area contributed by atoms with Crippen LogP contribution in [0, 0.1) is 13.8 Å². The molecule has 0 radical (unpaired) electrons. The molecule has 174 valence electrons. The molecule has 0 unspecified atom stereocenters. The molecule has 0 aromatic heterocycles. The van der Waals surface area contributed by atoms with E-state index in [1.54, 1.807) is 43.5 Å². The molecule has 0 fully saturated rings. The molecule has 0 aliphatic rings. The maximum atomic E-state index is 13.5. The van der Waals surface area contributed by atoms with E-state index < -0.39 is 10.0 Å². The van der Waals surface area contributed by atoms with Crippen LogP contribution in [-0.4, -0.2) is 28.0 Å². The molecule has 0 aliphatic heterocycles. The molecule has 6 nitrogen and oxygen atoms in total. The monoisotopic (exact) mass is 466 g/mol. The Bertz CT molecular complexity index is 1210. The highest BCUT2D eigenvalue weighted by molar-refractivity contribution is 7.92. The summed E-state index contributed by atoms with van der Waals surface area (Å²) >= 11 is 0. The van der Waals surface area contributed by atoms with Crippen LogP contribution in [-0.2, 0) is 14.8 Å². The van der Waals surface area contributed by atoms with Gasteiger partial charge in [0.2, 0.25) is 5.91 Å². The van der Waals surface area contributed by atoms with Crippen LogP contribution >= 0.6 is 0 Å². The highest BCUT2D eigenvalue weighted by Gasteiger charge is 2.28. The van der Waals surface area contributed by atoms with Gasteiger partial charge in [-0.1, -0.05) is 49.4 Å². The number of nitrogens with zero attached hydrogens (tertiary/aromatic N) is 1. The van der Waals surface area contributed by atoms with Gasteiger partial charge in [-0.15, -0.1) is 0 Å². The number of amides is 1. The predicted molar refractivity (Wildman–Crippen MR) is 131 cm³/mol. The Morgan fingerprint density at radius 3 is 2.33 bits per heavy atom. The van der Waals surface area contributed by atoms with E-state index in [1.165, 1.54) is 12.1 Å². The lowest BCUT2D eigenvalue weighted by atomic mass is 10.0. The molecule has 1 amide bonds. The van der Waals surface area contributed by atoms with Crippen LogP contribution in [0.25, 0.3) is 0 Å². The summed E-state index contributed by atoms with van der Waals surface area (Å²) in [4.78, 5) is 13.2. The van der Waals surface area contributed by atoms with Crippen molar-refractivity contribution >= 4 is 21.6 Å². The summed E-state index contributed by atoms with van der Waals surface area (Å²) in [6.07, 6.45) is 0.660. The lowest BCUT2D eigenvalue weighted by Crippen LogP contribution is -2.42. The summed E-state index contributed by atoms with van der Waals surface area (Å²) in [5, 5.41) is 3.00. The Kier molecular flexibility index (Phi) is 7.76. The zero-order valence-corrected chi connectivity index (χ0v) is 20.2. The molecule has 0 aliphatic carbocycles. The van der Waals surface area contributed by atoms with Crippen molar-refractivity contribution in [2.75, 3.05) is 18.0 Å². The standard InChI is InChI=1S/C26H30N2O4S/c1-5-24(21-14-15-25(32-4)20(3)17-21)27-26(29)18-28(22-11-9-10-19(2)16-22)33(30,31)23-12-7-6-8-13-23/h6-17,24H,5,18H2,1-4H3,(H,27,29)/t24-/m1/s1. The van der Waals surface area contributed by atoms with Gasteiger partial charge in [-0.3, -0.25) is 9.10 Å². The van der Waals surface area contributed by atoms with Gasteiger partial charge in [0.15, 0.2) is 0 Å². The quantitative estimate of drug-likeness (QED) is 0.493. The van der Waals surface area contributed by atoms with E-state index in [1.807, 2.05) is 45.0 Å². The number of rotatable bonds is 9. The fourth-order valence-corrected chi connectivity index (χ4v) is 5.16. The summed E-state index contributed by atoms with van der Waals surface area (Å²) in [6.45, 7) is 5.48. The number of carbonyl (C=O) groups excluding carboxylic acids is 1. The normalized spacial score (nSPS) is 12.1. The number of anilines is 1. The molecule has 1 N–H and O–H groups in total. The van der Waals surface area contributed by atoms with E-state index in [0.717, 1.165) is 26.7 Å². The van der Waals surface area contributed by atoms with Gasteiger partial charge in [0.25, 0.3) is 10.0 Å². The van der Waals surface area contributed by atoms with Crippen LogP contribution in [0.3, 0.4) is 0 Å². The highest BCUT2D eigenvalue weighted by atomic mass is 32.2. The van der Waals surface area contributed by atoms with Crippen molar-refractivity contribution in [3.63, 3.8) is 0 Å². The second-order valence-electron chi connectivity index (χ2n) is 7.92. The van der Waals surface area contributed by atoms with E-state index in [9.17, 15) is 13.2 Å². The molecule has 0 saturated heterocycles. The first-order valence-corrected chi connectivity index (χ1v) is 12.3. The average Bonchev–Trinajstić information content (AvgIpc) is 2.81. The number of benzene rings is 3. The zero-order valence-electron chi connectivity index (χ0n) is 19.4. The van der Waals surface area contributed by atoms with Gasteiger partial charge in [0.05, 0.1) is 23.7 Å². The third kappa shape index (κ3) is 5.73. The molecule has 0 bridgehead atoms. The SMILES string of the molecule is CC[C@@H](NC(=O)CN(c1cccc(C)c1)S(=O)(=O)c1ccccc1)c1ccc(OC)c(C)c1. The first kappa shape index (κ1) is 24.3. The van der Waals surface area contributed by atoms with Crippen LogP contribution < -0.4 is 14.4 Å². The smallest absolute Gasteiger partial charge is 0.264 e. The van der Waals surface area contributed by atoms with Crippen molar-refractivity contribution in [2.45, 2.75) is 38.1 Å². The van der Waals surface area contributed by atoms with Gasteiger partial charge >= 0.3 is 0 Å². The fraction of sp³-hybridized carbons (Fsp3) is 0.269. The van der Waals surface area contributed by atoms with Crippen LogP contribution in [0.2, 0.25) is 0 Å². The second-order valence-corrected chi connectivity index (χ2v) is 9.78. The number of aryl methyl sites for hydroxylation is 2. The summed E-state index contributed by atoms with van der Waals surface area (Å²) in [5.41, 5.74) is 3.26. The molecule has 33 heavy (non-hydrogen) atoms. The third-order valence-corrected chi connectivity index (χ3v) is 7.26. The minimum absolute atomic E-state index is 0.136. The fourth-order valence-electron chi connectivity index (χ4n) is 3.73. The minimum atomic E-state index is -3.93. The topological polar surface area (TPSA) is 75.7 Å². The zero-order chi connectivity index (χ0) is 24.0. The number of ether oxygens (including phenoxy) is 1. The Morgan fingerprint density at radius 1 is 1.00 bits per heavy atom. The number of hydrogen-bond donors (Lipinski definition) is 1. The van der Waals surface area contributed by atoms with Crippen molar-refractivity contribution < 1.29 is 17.9 Å². The number of sulfonamides is 1. The Hall–Kier alpha value is -3.32. The predicted octanol–water partition coefficient (Wildman–Crippen LogP) is 4.77. The Balaban J connectivity index is 1.89. The highest BCUT2D eigenvalue weighted by Crippen LogP contribution is 2.26. The number of carbonyl (C=O) groups is 1. The molecule has 0 heterocycles. The van der Waals surface area contributed by atoms with E-state index in [2.05, 4.69) is 5.32 Å². The molecule has 0 saturated carbocycles. The lowest BCUT2D eigenvalue weighted by Gasteiger charge is -2.26. The summed E-state index contributed by atoms with van der Waals surface area (Å²) in [5.74, 6) is 0.399. The maximum Gasteiger partial charge on any atom is 0.264 e. The van der Waals surface area contributed by atoms with Gasteiger partial charge in [-0.25, -0.2) is 8.42 Å². The van der Waals surface area contributed by atoms with E-state index in [4.69, 9.17) is 4.74 Å². The lowest BCUT2D eigenvalue weighted by molar-refractivity contribution is -0.120. The van der Waals surface area contributed by atoms with E-state index in [-0.39, 0.29) is 23.4 Å². The Labute approximate surface area is 196 Å². The van der Waals surface area contributed by atoms with Crippen LogP contribution in [0.5, 0.6) is 5.75 Å². The minimum Gasteiger partial charge on any atom is -0.496 e. The number of nitrogens with one attached hydrogen (secondary N) is 1. The number of hydrogen-bond acceptors (Lipinski definition) is 4. The van der Waals surface area contributed by atoms with Crippen molar-refractivity contribution in [1.82, 2.24) is 5.32 Å². The van der Waals surface area contributed by atoms with E-state index in [0.29, 0.717) is 12.1 Å². The molecule has 3 aromatic rings. The van der Waals surface area contributed by atoms with Gasteiger partial charge in [0.1, 0.15) is 12.3 Å². The van der Waals surface area contributed by atoms with Crippen molar-refractivity contribution in [3.05, 3.63) is 89.5 Å². The molecule has 7 heteroatoms. The van der Waals surface area contributed by atoms with Gasteiger partial charge in [-0.05, 0) is 67.3 Å². The maximum absolute atomic E-state index is 13.5. The number of methoxy groups -OCH3 is 1. The summed E-state index contributed by atoms with van der Waals surface area (Å²) in [7, 11) is -2.31. The third-order valence-electron chi connectivity index (χ3n) is 5.47. The Morgan fingerprint density at radius 2 is 1.73 bits per heavy atom. The molecule has 3 aromatic carbocycles. The summed E-state index contributed by atoms with van der Waals surface area (Å²) < 4.78 is 33.4.